The predicted molar refractivity (Wildman–Crippen MR) is 40.5 cm³/mol. The average Bonchev–Trinajstić information content (AvgIpc) is 2.06. The molecule has 0 saturated carbocycles. The standard InChI is InChI=1S/C7H7N3O/c11-6-2-4-9-7-8-3-1-5-10(6)7/h1-5,7,9H. The molecular formula is C7H7N3O. The van der Waals surface area contributed by atoms with Crippen molar-refractivity contribution in [2.75, 3.05) is 0 Å². The van der Waals surface area contributed by atoms with Crippen molar-refractivity contribution < 1.29 is 4.79 Å². The van der Waals surface area contributed by atoms with Crippen molar-refractivity contribution in [2.24, 2.45) is 4.99 Å². The number of nitrogens with zero attached hydrogens (tertiary/aromatic N) is 2. The van der Waals surface area contributed by atoms with Crippen LogP contribution >= 0.6 is 0 Å². The molecule has 0 fully saturated rings. The minimum Gasteiger partial charge on any atom is -0.353 e. The predicted octanol–water partition coefficient (Wildman–Crippen LogP) is -0.186. The minimum atomic E-state index is -0.238. The molecule has 1 amide bonds. The smallest absolute Gasteiger partial charge is 0.255 e. The molecule has 1 N–H and O–H groups in total. The Morgan fingerprint density at radius 1 is 1.64 bits per heavy atom. The number of hydrogen-bond acceptors (Lipinski definition) is 3. The number of amides is 1. The van der Waals surface area contributed by atoms with Gasteiger partial charge in [0.05, 0.1) is 0 Å². The molecule has 1 atom stereocenters. The van der Waals surface area contributed by atoms with E-state index in [4.69, 9.17) is 0 Å². The van der Waals surface area contributed by atoms with Crippen LogP contribution in [0, 0.1) is 0 Å². The maximum absolute atomic E-state index is 11.1. The molecule has 11 heavy (non-hydrogen) atoms. The van der Waals surface area contributed by atoms with Gasteiger partial charge < -0.3 is 5.32 Å². The summed E-state index contributed by atoms with van der Waals surface area (Å²) in [6.45, 7) is 0. The van der Waals surface area contributed by atoms with Crippen molar-refractivity contribution in [1.82, 2.24) is 10.2 Å². The number of hydrogen-bond donors (Lipinski definition) is 1. The summed E-state index contributed by atoms with van der Waals surface area (Å²) in [7, 11) is 0. The van der Waals surface area contributed by atoms with Gasteiger partial charge in [-0.1, -0.05) is 0 Å². The molecule has 0 aliphatic carbocycles. The second-order valence-electron chi connectivity index (χ2n) is 2.26. The summed E-state index contributed by atoms with van der Waals surface area (Å²) in [5.74, 6) is -0.0400. The van der Waals surface area contributed by atoms with Crippen LogP contribution in [0.15, 0.2) is 29.5 Å². The monoisotopic (exact) mass is 149 g/mol. The summed E-state index contributed by atoms with van der Waals surface area (Å²) in [6, 6.07) is 0. The van der Waals surface area contributed by atoms with E-state index in [1.807, 2.05) is 0 Å². The molecule has 0 spiro atoms. The Morgan fingerprint density at radius 2 is 2.55 bits per heavy atom. The number of carbonyl (C=O) groups excluding carboxylic acids is 1. The molecule has 0 saturated heterocycles. The molecule has 0 aromatic carbocycles. The maximum Gasteiger partial charge on any atom is 0.255 e. The normalized spacial score (nSPS) is 26.7. The highest BCUT2D eigenvalue weighted by Gasteiger charge is 2.21. The highest BCUT2D eigenvalue weighted by molar-refractivity contribution is 5.90. The molecule has 56 valence electrons. The molecule has 0 aromatic heterocycles. The fraction of sp³-hybridized carbons (Fsp3) is 0.143. The van der Waals surface area contributed by atoms with Crippen molar-refractivity contribution in [1.29, 1.82) is 0 Å². The summed E-state index contributed by atoms with van der Waals surface area (Å²) < 4.78 is 0. The van der Waals surface area contributed by atoms with Crippen molar-refractivity contribution in [3.8, 4) is 0 Å². The van der Waals surface area contributed by atoms with Gasteiger partial charge in [-0.05, 0) is 6.08 Å². The lowest BCUT2D eigenvalue weighted by molar-refractivity contribution is -0.126. The van der Waals surface area contributed by atoms with E-state index in [0.717, 1.165) is 0 Å². The van der Waals surface area contributed by atoms with E-state index < -0.39 is 0 Å². The zero-order valence-electron chi connectivity index (χ0n) is 5.77. The van der Waals surface area contributed by atoms with Gasteiger partial charge in [-0.2, -0.15) is 0 Å². The SMILES string of the molecule is O=C1C=CNC2N=CC=CN12. The van der Waals surface area contributed by atoms with Gasteiger partial charge in [0.15, 0.2) is 0 Å². The zero-order chi connectivity index (χ0) is 7.68. The van der Waals surface area contributed by atoms with E-state index in [1.54, 1.807) is 24.7 Å². The third-order valence-electron chi connectivity index (χ3n) is 1.55. The van der Waals surface area contributed by atoms with Gasteiger partial charge >= 0.3 is 0 Å². The number of aliphatic imine (C=N–C) groups is 1. The topological polar surface area (TPSA) is 44.7 Å². The van der Waals surface area contributed by atoms with E-state index >= 15 is 0 Å². The Kier molecular flexibility index (Phi) is 1.25. The van der Waals surface area contributed by atoms with Crippen LogP contribution in [0.25, 0.3) is 0 Å². The van der Waals surface area contributed by atoms with E-state index in [-0.39, 0.29) is 12.2 Å². The minimum absolute atomic E-state index is 0.0400. The van der Waals surface area contributed by atoms with Crippen LogP contribution in [0.5, 0.6) is 0 Å². The molecule has 2 rings (SSSR count). The first-order valence-electron chi connectivity index (χ1n) is 3.33. The lowest BCUT2D eigenvalue weighted by Gasteiger charge is -2.29. The molecule has 2 heterocycles. The van der Waals surface area contributed by atoms with Gasteiger partial charge in [-0.15, -0.1) is 0 Å². The number of rotatable bonds is 0. The van der Waals surface area contributed by atoms with E-state index in [1.165, 1.54) is 11.0 Å². The van der Waals surface area contributed by atoms with Crippen LogP contribution in [0.3, 0.4) is 0 Å². The van der Waals surface area contributed by atoms with Crippen LogP contribution in [0.1, 0.15) is 0 Å². The summed E-state index contributed by atoms with van der Waals surface area (Å²) in [5.41, 5.74) is 0. The van der Waals surface area contributed by atoms with Crippen molar-refractivity contribution in [2.45, 2.75) is 6.29 Å². The van der Waals surface area contributed by atoms with Gasteiger partial charge in [-0.3, -0.25) is 9.69 Å². The molecule has 0 bridgehead atoms. The van der Waals surface area contributed by atoms with Crippen molar-refractivity contribution in [3.63, 3.8) is 0 Å². The van der Waals surface area contributed by atoms with Crippen LogP contribution in [0.2, 0.25) is 0 Å². The van der Waals surface area contributed by atoms with E-state index in [9.17, 15) is 4.79 Å². The van der Waals surface area contributed by atoms with Crippen LogP contribution in [-0.2, 0) is 4.79 Å². The Bertz CT molecular complexity index is 267. The third kappa shape index (κ3) is 0.920. The quantitative estimate of drug-likeness (QED) is 0.519. The molecular weight excluding hydrogens is 142 g/mol. The first-order valence-corrected chi connectivity index (χ1v) is 3.33. The Labute approximate surface area is 63.9 Å². The molecule has 0 radical (unpaired) electrons. The molecule has 4 nitrogen and oxygen atoms in total. The van der Waals surface area contributed by atoms with E-state index in [2.05, 4.69) is 10.3 Å². The van der Waals surface area contributed by atoms with Crippen LogP contribution in [0.4, 0.5) is 0 Å². The van der Waals surface area contributed by atoms with Gasteiger partial charge in [0.25, 0.3) is 5.91 Å². The molecule has 2 aliphatic heterocycles. The second kappa shape index (κ2) is 2.23. The van der Waals surface area contributed by atoms with E-state index in [0.29, 0.717) is 0 Å². The second-order valence-corrected chi connectivity index (χ2v) is 2.26. The highest BCUT2D eigenvalue weighted by Crippen LogP contribution is 2.07. The lowest BCUT2D eigenvalue weighted by atomic mass is 10.4. The van der Waals surface area contributed by atoms with Crippen molar-refractivity contribution >= 4 is 12.1 Å². The number of allylic oxidation sites excluding steroid dienone is 1. The Morgan fingerprint density at radius 3 is 3.36 bits per heavy atom. The average molecular weight is 149 g/mol. The molecule has 1 unspecified atom stereocenters. The first-order chi connectivity index (χ1) is 5.38. The summed E-state index contributed by atoms with van der Waals surface area (Å²) in [4.78, 5) is 16.7. The first kappa shape index (κ1) is 6.15. The lowest BCUT2D eigenvalue weighted by Crippen LogP contribution is -2.46. The third-order valence-corrected chi connectivity index (χ3v) is 1.55. The van der Waals surface area contributed by atoms with Crippen molar-refractivity contribution in [3.05, 3.63) is 24.6 Å². The fourth-order valence-corrected chi connectivity index (χ4v) is 1.02. The molecule has 4 heteroatoms. The molecule has 2 aliphatic rings. The maximum atomic E-state index is 11.1. The summed E-state index contributed by atoms with van der Waals surface area (Å²) >= 11 is 0. The number of nitrogens with one attached hydrogen (secondary N) is 1. The molecule has 0 aromatic rings. The summed E-state index contributed by atoms with van der Waals surface area (Å²) in [6.07, 6.45) is 7.95. The zero-order valence-corrected chi connectivity index (χ0v) is 5.77. The van der Waals surface area contributed by atoms with Gasteiger partial charge in [-0.25, -0.2) is 4.99 Å². The Balaban J connectivity index is 2.30. The van der Waals surface area contributed by atoms with Crippen LogP contribution < -0.4 is 5.32 Å². The summed E-state index contributed by atoms with van der Waals surface area (Å²) in [5, 5.41) is 2.93. The van der Waals surface area contributed by atoms with Gasteiger partial charge in [0.1, 0.15) is 0 Å². The number of fused-ring (bicyclic) bond motifs is 1. The van der Waals surface area contributed by atoms with Gasteiger partial charge in [0, 0.05) is 24.7 Å². The fourth-order valence-electron chi connectivity index (χ4n) is 1.02. The van der Waals surface area contributed by atoms with Gasteiger partial charge in [0.2, 0.25) is 6.29 Å². The van der Waals surface area contributed by atoms with Crippen LogP contribution in [-0.4, -0.2) is 23.3 Å². The largest absolute Gasteiger partial charge is 0.353 e. The highest BCUT2D eigenvalue weighted by atomic mass is 16.2. The number of carbonyl (C=O) groups is 1. The Hall–Kier alpha value is -1.58.